The summed E-state index contributed by atoms with van der Waals surface area (Å²) in [6, 6.07) is 20.5. The van der Waals surface area contributed by atoms with Gasteiger partial charge in [0.15, 0.2) is 0 Å². The van der Waals surface area contributed by atoms with Crippen molar-refractivity contribution in [2.75, 3.05) is 26.3 Å². The molecule has 1 saturated heterocycles. The fraction of sp³-hybridized carbons (Fsp3) is 0.478. The van der Waals surface area contributed by atoms with Gasteiger partial charge in [0.1, 0.15) is 0 Å². The molecule has 2 aromatic rings. The van der Waals surface area contributed by atoms with Crippen molar-refractivity contribution >= 4 is 0 Å². The van der Waals surface area contributed by atoms with Crippen LogP contribution in [0.4, 0.5) is 0 Å². The summed E-state index contributed by atoms with van der Waals surface area (Å²) in [6.45, 7) is 4.18. The molecule has 0 spiro atoms. The Bertz CT molecular complexity index is 663. The molecule has 2 heteroatoms. The van der Waals surface area contributed by atoms with Crippen molar-refractivity contribution in [2.45, 2.75) is 44.1 Å². The SMILES string of the molecule is c1ccc(CCN(CCC2CCc3ccccc32)C2CCOC2)cc1. The Morgan fingerprint density at radius 2 is 1.76 bits per heavy atom. The number of ether oxygens (including phenoxy) is 1. The molecule has 0 saturated carbocycles. The van der Waals surface area contributed by atoms with Crippen LogP contribution in [-0.4, -0.2) is 37.2 Å². The first-order valence-electron chi connectivity index (χ1n) is 9.83. The zero-order valence-electron chi connectivity index (χ0n) is 15.1. The van der Waals surface area contributed by atoms with Crippen molar-refractivity contribution in [2.24, 2.45) is 0 Å². The summed E-state index contributed by atoms with van der Waals surface area (Å²) >= 11 is 0. The van der Waals surface area contributed by atoms with E-state index in [0.717, 1.165) is 32.1 Å². The molecular weight excluding hydrogens is 306 g/mol. The van der Waals surface area contributed by atoms with Gasteiger partial charge in [-0.25, -0.2) is 0 Å². The molecule has 2 aromatic carbocycles. The lowest BCUT2D eigenvalue weighted by Gasteiger charge is -2.29. The van der Waals surface area contributed by atoms with Crippen molar-refractivity contribution in [1.29, 1.82) is 0 Å². The third-order valence-electron chi connectivity index (χ3n) is 5.97. The molecule has 132 valence electrons. The van der Waals surface area contributed by atoms with Gasteiger partial charge < -0.3 is 4.74 Å². The first kappa shape index (κ1) is 16.8. The Hall–Kier alpha value is -1.64. The Labute approximate surface area is 151 Å². The fourth-order valence-electron chi connectivity index (χ4n) is 4.47. The monoisotopic (exact) mass is 335 g/mol. The average molecular weight is 335 g/mol. The number of aryl methyl sites for hydroxylation is 1. The van der Waals surface area contributed by atoms with Gasteiger partial charge in [-0.15, -0.1) is 0 Å². The first-order valence-corrected chi connectivity index (χ1v) is 9.83. The van der Waals surface area contributed by atoms with E-state index in [1.54, 1.807) is 11.1 Å². The highest BCUT2D eigenvalue weighted by Crippen LogP contribution is 2.35. The maximum Gasteiger partial charge on any atom is 0.0622 e. The van der Waals surface area contributed by atoms with Crippen molar-refractivity contribution < 1.29 is 4.74 Å². The highest BCUT2D eigenvalue weighted by atomic mass is 16.5. The van der Waals surface area contributed by atoms with Gasteiger partial charge in [0.25, 0.3) is 0 Å². The lowest BCUT2D eigenvalue weighted by molar-refractivity contribution is 0.141. The first-order chi connectivity index (χ1) is 12.4. The Morgan fingerprint density at radius 1 is 0.920 bits per heavy atom. The van der Waals surface area contributed by atoms with Crippen molar-refractivity contribution in [3.63, 3.8) is 0 Å². The van der Waals surface area contributed by atoms with Crippen molar-refractivity contribution in [1.82, 2.24) is 4.90 Å². The summed E-state index contributed by atoms with van der Waals surface area (Å²) in [5.41, 5.74) is 4.62. The van der Waals surface area contributed by atoms with Gasteiger partial charge in [-0.05, 0) is 61.3 Å². The van der Waals surface area contributed by atoms with Crippen LogP contribution in [0.5, 0.6) is 0 Å². The Balaban J connectivity index is 1.37. The minimum atomic E-state index is 0.611. The van der Waals surface area contributed by atoms with Crippen LogP contribution in [-0.2, 0) is 17.6 Å². The van der Waals surface area contributed by atoms with E-state index in [2.05, 4.69) is 59.5 Å². The van der Waals surface area contributed by atoms with E-state index in [4.69, 9.17) is 4.74 Å². The van der Waals surface area contributed by atoms with Gasteiger partial charge in [0, 0.05) is 19.2 Å². The Morgan fingerprint density at radius 3 is 2.60 bits per heavy atom. The van der Waals surface area contributed by atoms with E-state index in [1.807, 2.05) is 0 Å². The predicted molar refractivity (Wildman–Crippen MR) is 103 cm³/mol. The van der Waals surface area contributed by atoms with Gasteiger partial charge in [0.2, 0.25) is 0 Å². The highest BCUT2D eigenvalue weighted by Gasteiger charge is 2.26. The number of fused-ring (bicyclic) bond motifs is 1. The molecule has 0 bridgehead atoms. The van der Waals surface area contributed by atoms with E-state index in [-0.39, 0.29) is 0 Å². The van der Waals surface area contributed by atoms with Crippen LogP contribution >= 0.6 is 0 Å². The summed E-state index contributed by atoms with van der Waals surface area (Å²) in [4.78, 5) is 2.70. The van der Waals surface area contributed by atoms with E-state index in [9.17, 15) is 0 Å². The largest absolute Gasteiger partial charge is 0.380 e. The molecule has 2 nitrogen and oxygen atoms in total. The van der Waals surface area contributed by atoms with Crippen LogP contribution < -0.4 is 0 Å². The molecule has 1 fully saturated rings. The van der Waals surface area contributed by atoms with Crippen LogP contribution in [0.25, 0.3) is 0 Å². The van der Waals surface area contributed by atoms with Crippen LogP contribution in [0.2, 0.25) is 0 Å². The molecule has 0 aromatic heterocycles. The summed E-state index contributed by atoms with van der Waals surface area (Å²) < 4.78 is 5.68. The molecule has 0 amide bonds. The van der Waals surface area contributed by atoms with Gasteiger partial charge in [0.05, 0.1) is 6.61 Å². The average Bonchev–Trinajstić information content (AvgIpc) is 3.33. The number of rotatable bonds is 7. The molecule has 0 N–H and O–H groups in total. The van der Waals surface area contributed by atoms with Crippen molar-refractivity contribution in [3.8, 4) is 0 Å². The molecule has 4 rings (SSSR count). The van der Waals surface area contributed by atoms with Gasteiger partial charge >= 0.3 is 0 Å². The van der Waals surface area contributed by atoms with Crippen LogP contribution in [0.15, 0.2) is 54.6 Å². The molecule has 2 unspecified atom stereocenters. The maximum absolute atomic E-state index is 5.68. The smallest absolute Gasteiger partial charge is 0.0622 e. The molecule has 1 heterocycles. The minimum absolute atomic E-state index is 0.611. The molecule has 1 aliphatic heterocycles. The zero-order valence-corrected chi connectivity index (χ0v) is 15.1. The van der Waals surface area contributed by atoms with E-state index >= 15 is 0 Å². The Kier molecular flexibility index (Phi) is 5.49. The molecule has 2 aliphatic rings. The summed E-state index contributed by atoms with van der Waals surface area (Å²) in [5, 5.41) is 0. The lowest BCUT2D eigenvalue weighted by atomic mass is 9.97. The molecule has 0 radical (unpaired) electrons. The minimum Gasteiger partial charge on any atom is -0.380 e. The summed E-state index contributed by atoms with van der Waals surface area (Å²) in [5.74, 6) is 0.748. The quantitative estimate of drug-likeness (QED) is 0.742. The second kappa shape index (κ2) is 8.16. The summed E-state index contributed by atoms with van der Waals surface area (Å²) in [6.07, 6.45) is 6.20. The zero-order chi connectivity index (χ0) is 16.9. The third kappa shape index (κ3) is 4.13. The molecular formula is C23H29NO. The maximum atomic E-state index is 5.68. The topological polar surface area (TPSA) is 12.5 Å². The highest BCUT2D eigenvalue weighted by molar-refractivity contribution is 5.34. The normalized spacial score (nSPS) is 22.4. The van der Waals surface area contributed by atoms with Crippen LogP contribution in [0, 0.1) is 0 Å². The summed E-state index contributed by atoms with van der Waals surface area (Å²) in [7, 11) is 0. The third-order valence-corrected chi connectivity index (χ3v) is 5.97. The standard InChI is InChI=1S/C23H29NO/c1-2-6-19(7-3-1)12-15-24(22-14-17-25-18-22)16-13-21-11-10-20-8-4-5-9-23(20)21/h1-9,21-22H,10-18H2. The van der Waals surface area contributed by atoms with Crippen LogP contribution in [0.3, 0.4) is 0 Å². The predicted octanol–water partition coefficient (Wildman–Crippen LogP) is 4.44. The molecule has 1 aliphatic carbocycles. The number of nitrogens with zero attached hydrogens (tertiary/aromatic N) is 1. The second-order valence-corrected chi connectivity index (χ2v) is 7.51. The van der Waals surface area contributed by atoms with Crippen LogP contribution in [0.1, 0.15) is 41.9 Å². The second-order valence-electron chi connectivity index (χ2n) is 7.51. The number of benzene rings is 2. The van der Waals surface area contributed by atoms with Gasteiger partial charge in [-0.3, -0.25) is 4.90 Å². The molecule has 25 heavy (non-hydrogen) atoms. The number of hydrogen-bond donors (Lipinski definition) is 0. The number of hydrogen-bond acceptors (Lipinski definition) is 2. The van der Waals surface area contributed by atoms with E-state index in [0.29, 0.717) is 6.04 Å². The van der Waals surface area contributed by atoms with E-state index in [1.165, 1.54) is 37.8 Å². The fourth-order valence-corrected chi connectivity index (χ4v) is 4.47. The van der Waals surface area contributed by atoms with E-state index < -0.39 is 0 Å². The molecule has 2 atom stereocenters. The lowest BCUT2D eigenvalue weighted by Crippen LogP contribution is -2.38. The van der Waals surface area contributed by atoms with Crippen molar-refractivity contribution in [3.05, 3.63) is 71.3 Å². The van der Waals surface area contributed by atoms with Gasteiger partial charge in [-0.1, -0.05) is 54.6 Å². The van der Waals surface area contributed by atoms with Gasteiger partial charge in [-0.2, -0.15) is 0 Å².